The number of alkyl halides is 3. The van der Waals surface area contributed by atoms with Crippen LogP contribution in [0.1, 0.15) is 16.8 Å². The maximum atomic E-state index is 13.0. The van der Waals surface area contributed by atoms with Gasteiger partial charge in [0.1, 0.15) is 23.8 Å². The Bertz CT molecular complexity index is 1030. The zero-order valence-corrected chi connectivity index (χ0v) is 17.2. The number of pyridine rings is 1. The highest BCUT2D eigenvalue weighted by atomic mass is 19.4. The van der Waals surface area contributed by atoms with Crippen molar-refractivity contribution in [3.8, 4) is 12.1 Å². The van der Waals surface area contributed by atoms with Crippen molar-refractivity contribution in [2.75, 3.05) is 36.4 Å². The number of hydrogen-bond acceptors (Lipinski definition) is 6. The van der Waals surface area contributed by atoms with Gasteiger partial charge in [-0.25, -0.2) is 4.98 Å². The molecule has 31 heavy (non-hydrogen) atoms. The van der Waals surface area contributed by atoms with Crippen molar-refractivity contribution in [2.45, 2.75) is 20.0 Å². The number of nitrogens with zero attached hydrogens (tertiary/aromatic N) is 5. The SMILES string of the molecule is Cc1cc(C)nc(NC(=C(C#N)C#N)N2CCN(c3cccc(C(F)(F)F)c3)CC2)c1. The molecule has 2 heterocycles. The fraction of sp³-hybridized carbons (Fsp3) is 0.318. The number of aryl methyl sites for hydroxylation is 2. The van der Waals surface area contributed by atoms with Crippen LogP contribution in [0.15, 0.2) is 47.8 Å². The molecule has 160 valence electrons. The molecule has 1 aliphatic heterocycles. The van der Waals surface area contributed by atoms with Gasteiger partial charge in [0, 0.05) is 37.6 Å². The van der Waals surface area contributed by atoms with E-state index in [-0.39, 0.29) is 5.57 Å². The zero-order valence-electron chi connectivity index (χ0n) is 17.2. The first-order chi connectivity index (χ1) is 14.7. The van der Waals surface area contributed by atoms with Crippen LogP contribution >= 0.6 is 0 Å². The van der Waals surface area contributed by atoms with Crippen molar-refractivity contribution in [3.05, 3.63) is 64.6 Å². The molecule has 0 bridgehead atoms. The average Bonchev–Trinajstić information content (AvgIpc) is 2.73. The summed E-state index contributed by atoms with van der Waals surface area (Å²) in [6, 6.07) is 12.8. The van der Waals surface area contributed by atoms with E-state index in [0.29, 0.717) is 43.5 Å². The molecule has 3 rings (SSSR count). The normalized spacial score (nSPS) is 13.9. The molecule has 0 amide bonds. The summed E-state index contributed by atoms with van der Waals surface area (Å²) in [4.78, 5) is 8.12. The number of benzene rings is 1. The second kappa shape index (κ2) is 8.97. The molecule has 0 radical (unpaired) electrons. The third-order valence-corrected chi connectivity index (χ3v) is 4.94. The van der Waals surface area contributed by atoms with E-state index in [1.807, 2.05) is 47.9 Å². The van der Waals surface area contributed by atoms with Crippen LogP contribution in [-0.2, 0) is 6.18 Å². The van der Waals surface area contributed by atoms with Gasteiger partial charge in [-0.05, 0) is 49.7 Å². The Balaban J connectivity index is 1.80. The van der Waals surface area contributed by atoms with Gasteiger partial charge in [0.2, 0.25) is 0 Å². The third kappa shape index (κ3) is 5.26. The van der Waals surface area contributed by atoms with E-state index < -0.39 is 11.7 Å². The number of anilines is 2. The number of aromatic nitrogens is 1. The van der Waals surface area contributed by atoms with E-state index in [1.165, 1.54) is 6.07 Å². The van der Waals surface area contributed by atoms with E-state index >= 15 is 0 Å². The van der Waals surface area contributed by atoms with Crippen LogP contribution in [-0.4, -0.2) is 36.1 Å². The Morgan fingerprint density at radius 3 is 2.29 bits per heavy atom. The third-order valence-electron chi connectivity index (χ3n) is 4.94. The average molecular weight is 426 g/mol. The van der Waals surface area contributed by atoms with Crippen LogP contribution in [0.4, 0.5) is 24.7 Å². The fourth-order valence-electron chi connectivity index (χ4n) is 3.52. The molecule has 2 aromatic rings. The van der Waals surface area contributed by atoms with Crippen molar-refractivity contribution in [3.63, 3.8) is 0 Å². The lowest BCUT2D eigenvalue weighted by atomic mass is 10.1. The van der Waals surface area contributed by atoms with Gasteiger partial charge in [-0.3, -0.25) is 0 Å². The minimum atomic E-state index is -4.40. The lowest BCUT2D eigenvalue weighted by Crippen LogP contribution is -2.47. The van der Waals surface area contributed by atoms with Crippen molar-refractivity contribution in [1.82, 2.24) is 9.88 Å². The summed E-state index contributed by atoms with van der Waals surface area (Å²) in [6.45, 7) is 5.51. The molecule has 1 fully saturated rings. The van der Waals surface area contributed by atoms with E-state index in [9.17, 15) is 23.7 Å². The highest BCUT2D eigenvalue weighted by Gasteiger charge is 2.31. The summed E-state index contributed by atoms with van der Waals surface area (Å²) in [5.74, 6) is 0.877. The second-order valence-electron chi connectivity index (χ2n) is 7.27. The van der Waals surface area contributed by atoms with Crippen LogP contribution in [0.3, 0.4) is 0 Å². The van der Waals surface area contributed by atoms with Crippen LogP contribution < -0.4 is 10.2 Å². The minimum absolute atomic E-state index is 0.0755. The van der Waals surface area contributed by atoms with Gasteiger partial charge in [0.15, 0.2) is 5.57 Å². The zero-order chi connectivity index (χ0) is 22.6. The molecule has 9 heteroatoms. The number of piperazine rings is 1. The van der Waals surface area contributed by atoms with Crippen molar-refractivity contribution in [2.24, 2.45) is 0 Å². The fourth-order valence-corrected chi connectivity index (χ4v) is 3.52. The van der Waals surface area contributed by atoms with E-state index in [2.05, 4.69) is 10.3 Å². The molecule has 6 nitrogen and oxygen atoms in total. The van der Waals surface area contributed by atoms with Crippen LogP contribution in [0.5, 0.6) is 0 Å². The monoisotopic (exact) mass is 426 g/mol. The van der Waals surface area contributed by atoms with Crippen LogP contribution in [0, 0.1) is 36.5 Å². The molecule has 1 N–H and O–H groups in total. The first-order valence-electron chi connectivity index (χ1n) is 9.65. The van der Waals surface area contributed by atoms with Gasteiger partial charge in [-0.15, -0.1) is 0 Å². The molecular weight excluding hydrogens is 405 g/mol. The van der Waals surface area contributed by atoms with Gasteiger partial charge < -0.3 is 15.1 Å². The number of rotatable bonds is 4. The smallest absolute Gasteiger partial charge is 0.368 e. The van der Waals surface area contributed by atoms with E-state index in [0.717, 1.165) is 23.4 Å². The van der Waals surface area contributed by atoms with Crippen LogP contribution in [0.2, 0.25) is 0 Å². The molecule has 1 aliphatic rings. The first-order valence-corrected chi connectivity index (χ1v) is 9.65. The molecular formula is C22H21F3N6. The Hall–Kier alpha value is -3.72. The number of hydrogen-bond donors (Lipinski definition) is 1. The lowest BCUT2D eigenvalue weighted by molar-refractivity contribution is -0.137. The molecule has 0 saturated carbocycles. The van der Waals surface area contributed by atoms with Crippen molar-refractivity contribution in [1.29, 1.82) is 10.5 Å². The molecule has 1 saturated heterocycles. The first kappa shape index (κ1) is 22.0. The summed E-state index contributed by atoms with van der Waals surface area (Å²) >= 11 is 0. The number of nitriles is 2. The molecule has 1 aromatic carbocycles. The summed E-state index contributed by atoms with van der Waals surface area (Å²) in [6.07, 6.45) is -4.40. The van der Waals surface area contributed by atoms with Crippen molar-refractivity contribution >= 4 is 11.5 Å². The Labute approximate surface area is 178 Å². The highest BCUT2D eigenvalue weighted by molar-refractivity contribution is 5.52. The van der Waals surface area contributed by atoms with Gasteiger partial charge in [0.25, 0.3) is 0 Å². The summed E-state index contributed by atoms with van der Waals surface area (Å²) in [7, 11) is 0. The lowest BCUT2D eigenvalue weighted by Gasteiger charge is -2.38. The molecule has 0 aliphatic carbocycles. The van der Waals surface area contributed by atoms with Crippen molar-refractivity contribution < 1.29 is 13.2 Å². The van der Waals surface area contributed by atoms with E-state index in [4.69, 9.17) is 0 Å². The predicted molar refractivity (Wildman–Crippen MR) is 111 cm³/mol. The molecule has 1 aromatic heterocycles. The summed E-state index contributed by atoms with van der Waals surface area (Å²) in [5.41, 5.74) is 1.51. The van der Waals surface area contributed by atoms with Crippen LogP contribution in [0.25, 0.3) is 0 Å². The van der Waals surface area contributed by atoms with Gasteiger partial charge in [-0.1, -0.05) is 6.07 Å². The largest absolute Gasteiger partial charge is 0.416 e. The quantitative estimate of drug-likeness (QED) is 0.738. The van der Waals surface area contributed by atoms with E-state index in [1.54, 1.807) is 6.07 Å². The second-order valence-corrected chi connectivity index (χ2v) is 7.27. The van der Waals surface area contributed by atoms with Gasteiger partial charge in [-0.2, -0.15) is 23.7 Å². The molecule has 0 spiro atoms. The maximum absolute atomic E-state index is 13.0. The Morgan fingerprint density at radius 2 is 1.71 bits per heavy atom. The topological polar surface area (TPSA) is 79.0 Å². The predicted octanol–water partition coefficient (Wildman–Crippen LogP) is 4.21. The Kier molecular flexibility index (Phi) is 6.36. The number of nitrogens with one attached hydrogen (secondary N) is 1. The highest BCUT2D eigenvalue weighted by Crippen LogP contribution is 2.32. The van der Waals surface area contributed by atoms with Gasteiger partial charge >= 0.3 is 6.18 Å². The summed E-state index contributed by atoms with van der Waals surface area (Å²) < 4.78 is 39.1. The number of halogens is 3. The summed E-state index contributed by atoms with van der Waals surface area (Å²) in [5, 5.41) is 21.9. The standard InChI is InChI=1S/C22H21F3N6/c1-15-10-16(2)28-20(11-15)29-21(17(13-26)14-27)31-8-6-30(7-9-31)19-5-3-4-18(12-19)22(23,24)25/h3-5,10-12H,6-9H2,1-2H3,(H,28,29). The number of allylic oxidation sites excluding steroid dienone is 1. The van der Waals surface area contributed by atoms with Gasteiger partial charge in [0.05, 0.1) is 5.56 Å². The maximum Gasteiger partial charge on any atom is 0.416 e. The Morgan fingerprint density at radius 1 is 1.03 bits per heavy atom. The molecule has 0 atom stereocenters. The molecule has 0 unspecified atom stereocenters. The minimum Gasteiger partial charge on any atom is -0.368 e.